The first-order valence-electron chi connectivity index (χ1n) is 15.8. The summed E-state index contributed by atoms with van der Waals surface area (Å²) in [7, 11) is 0. The zero-order valence-electron chi connectivity index (χ0n) is 26.8. The Kier molecular flexibility index (Phi) is 8.33. The molecule has 0 amide bonds. The van der Waals surface area contributed by atoms with E-state index in [4.69, 9.17) is 20.0 Å². The molecule has 0 saturated carbocycles. The summed E-state index contributed by atoms with van der Waals surface area (Å²) in [4.78, 5) is 9.84. The molecule has 0 fully saturated rings. The van der Waals surface area contributed by atoms with Gasteiger partial charge in [0.15, 0.2) is 0 Å². The van der Waals surface area contributed by atoms with Crippen LogP contribution >= 0.6 is 0 Å². The first-order valence-corrected chi connectivity index (χ1v) is 15.8. The average Bonchev–Trinajstić information content (AvgIpc) is 3.42. The Bertz CT molecular complexity index is 2400. The van der Waals surface area contributed by atoms with Gasteiger partial charge in [-0.05, 0) is 51.8 Å². The zero-order valence-corrected chi connectivity index (χ0v) is 29.1. The minimum Gasteiger partial charge on any atom is -0.656 e. The van der Waals surface area contributed by atoms with Crippen LogP contribution in [0.5, 0.6) is 11.6 Å². The smallest absolute Gasteiger partial charge is 0.656 e. The number of fused-ring (bicyclic) bond motifs is 4. The molecule has 0 bridgehead atoms. The predicted octanol–water partition coefficient (Wildman–Crippen LogP) is 11.6. The summed E-state index contributed by atoms with van der Waals surface area (Å²) in [5.74, 6) is 1.89. The van der Waals surface area contributed by atoms with E-state index in [1.807, 2.05) is 60.8 Å². The maximum absolute atomic E-state index is 6.47. The predicted molar refractivity (Wildman–Crippen MR) is 192 cm³/mol. The topological polar surface area (TPSA) is 54.0 Å². The van der Waals surface area contributed by atoms with Gasteiger partial charge in [0.1, 0.15) is 5.82 Å². The van der Waals surface area contributed by atoms with Crippen molar-refractivity contribution in [2.45, 2.75) is 26.2 Å². The Hall–Kier alpha value is -5.25. The molecular formula is C42H32N4OPt. The first-order chi connectivity index (χ1) is 22.9. The van der Waals surface area contributed by atoms with Gasteiger partial charge in [-0.2, -0.15) is 6.07 Å². The van der Waals surface area contributed by atoms with Crippen LogP contribution in [0.1, 0.15) is 26.3 Å². The largest absolute Gasteiger partial charge is 2.00 e. The van der Waals surface area contributed by atoms with E-state index in [1.54, 1.807) is 0 Å². The zero-order chi connectivity index (χ0) is 32.0. The van der Waals surface area contributed by atoms with Crippen LogP contribution in [0.4, 0.5) is 11.4 Å². The summed E-state index contributed by atoms with van der Waals surface area (Å²) < 4.78 is 8.64. The molecule has 0 spiro atoms. The molecular weight excluding hydrogens is 772 g/mol. The van der Waals surface area contributed by atoms with Crippen molar-refractivity contribution in [2.75, 3.05) is 0 Å². The van der Waals surface area contributed by atoms with Crippen molar-refractivity contribution in [1.29, 1.82) is 0 Å². The summed E-state index contributed by atoms with van der Waals surface area (Å²) in [5, 5.41) is 8.17. The van der Waals surface area contributed by atoms with Crippen molar-refractivity contribution in [3.05, 3.63) is 157 Å². The molecule has 0 aliphatic heterocycles. The number of benzene rings is 5. The minimum atomic E-state index is -0.0117. The van der Waals surface area contributed by atoms with Crippen LogP contribution in [0, 0.1) is 6.07 Å². The fraction of sp³-hybridized carbons (Fsp3) is 0.0952. The number of hydrogen-bond donors (Lipinski definition) is 0. The van der Waals surface area contributed by atoms with Gasteiger partial charge >= 0.3 is 21.1 Å². The second-order valence-corrected chi connectivity index (χ2v) is 12.7. The van der Waals surface area contributed by atoms with E-state index in [2.05, 4.69) is 110 Å². The molecule has 3 aromatic heterocycles. The van der Waals surface area contributed by atoms with Crippen LogP contribution in [0.15, 0.2) is 140 Å². The number of aromatic nitrogens is 3. The Morgan fingerprint density at radius 2 is 1.44 bits per heavy atom. The fourth-order valence-electron chi connectivity index (χ4n) is 6.13. The van der Waals surface area contributed by atoms with E-state index >= 15 is 0 Å². The molecule has 5 nitrogen and oxygen atoms in total. The van der Waals surface area contributed by atoms with Crippen molar-refractivity contribution >= 4 is 44.1 Å². The van der Waals surface area contributed by atoms with Crippen molar-refractivity contribution in [2.24, 2.45) is 0 Å². The Labute approximate surface area is 294 Å². The molecule has 8 rings (SSSR count). The SMILES string of the molecule is CC(C)(C)c1ccnc(-n2c3[c-]c(Oc4ccc5c(-c6ccccc6)ccc([N-]c6ccccc6)c5n4)ccc3c3ccccc32)c1.[Pt+2]. The van der Waals surface area contributed by atoms with Gasteiger partial charge in [-0.25, -0.2) is 9.97 Å². The summed E-state index contributed by atoms with van der Waals surface area (Å²) in [6.07, 6.45) is 1.89. The van der Waals surface area contributed by atoms with Crippen molar-refractivity contribution < 1.29 is 25.8 Å². The maximum atomic E-state index is 6.47. The van der Waals surface area contributed by atoms with Gasteiger partial charge < -0.3 is 14.6 Å². The average molecular weight is 804 g/mol. The Morgan fingerprint density at radius 3 is 2.23 bits per heavy atom. The van der Waals surface area contributed by atoms with Gasteiger partial charge in [0.2, 0.25) is 5.88 Å². The van der Waals surface area contributed by atoms with Crippen LogP contribution in [-0.4, -0.2) is 14.5 Å². The third kappa shape index (κ3) is 5.87. The molecule has 0 unspecified atom stereocenters. The molecule has 3 heterocycles. The van der Waals surface area contributed by atoms with Gasteiger partial charge in [0, 0.05) is 28.9 Å². The van der Waals surface area contributed by atoms with Crippen LogP contribution < -0.4 is 4.74 Å². The number of nitrogens with zero attached hydrogens (tertiary/aromatic N) is 4. The van der Waals surface area contributed by atoms with Crippen molar-refractivity contribution in [3.63, 3.8) is 0 Å². The summed E-state index contributed by atoms with van der Waals surface area (Å²) in [6, 6.07) is 48.7. The summed E-state index contributed by atoms with van der Waals surface area (Å²) >= 11 is 0. The molecule has 0 atom stereocenters. The molecule has 0 N–H and O–H groups in total. The van der Waals surface area contributed by atoms with Crippen LogP contribution in [0.2, 0.25) is 0 Å². The van der Waals surface area contributed by atoms with Gasteiger partial charge in [-0.1, -0.05) is 117 Å². The summed E-state index contributed by atoms with van der Waals surface area (Å²) in [6.45, 7) is 6.65. The Balaban J connectivity index is 0.00000364. The first kappa shape index (κ1) is 31.4. The van der Waals surface area contributed by atoms with Crippen LogP contribution in [0.3, 0.4) is 0 Å². The van der Waals surface area contributed by atoms with E-state index < -0.39 is 0 Å². The van der Waals surface area contributed by atoms with E-state index in [1.165, 1.54) is 5.56 Å². The van der Waals surface area contributed by atoms with Crippen LogP contribution in [-0.2, 0) is 26.5 Å². The molecule has 0 aliphatic carbocycles. The van der Waals surface area contributed by atoms with Crippen molar-refractivity contribution in [1.82, 2.24) is 14.5 Å². The van der Waals surface area contributed by atoms with Gasteiger partial charge in [0.05, 0.1) is 5.52 Å². The molecule has 0 aliphatic rings. The van der Waals surface area contributed by atoms with Gasteiger partial charge in [0.25, 0.3) is 0 Å². The van der Waals surface area contributed by atoms with Crippen LogP contribution in [0.25, 0.3) is 55.0 Å². The van der Waals surface area contributed by atoms with E-state index in [9.17, 15) is 0 Å². The number of pyridine rings is 2. The number of para-hydroxylation sites is 2. The monoisotopic (exact) mass is 803 g/mol. The molecule has 5 aromatic carbocycles. The molecule has 48 heavy (non-hydrogen) atoms. The minimum absolute atomic E-state index is 0. The number of ether oxygens (including phenoxy) is 1. The summed E-state index contributed by atoms with van der Waals surface area (Å²) in [5.41, 5.74) is 7.80. The second kappa shape index (κ2) is 12.7. The number of hydrogen-bond acceptors (Lipinski definition) is 3. The maximum Gasteiger partial charge on any atom is 2.00 e. The van der Waals surface area contributed by atoms with Crippen molar-refractivity contribution in [3.8, 4) is 28.6 Å². The third-order valence-corrected chi connectivity index (χ3v) is 8.51. The van der Waals surface area contributed by atoms with E-state index in [0.29, 0.717) is 11.6 Å². The molecule has 236 valence electrons. The molecule has 6 heteroatoms. The standard InChI is InChI=1S/C42H32N4O.Pt/c1-42(2,3)29-24-25-43-39(26-29)46-37-17-11-10-16-33(37)34-19-18-31(27-38(34)46)47-40-23-21-35-32(28-12-6-4-7-13-28)20-22-36(41(35)45-40)44-30-14-8-5-9-15-30;/h4-26H,1-3H3;/q-2;+2. The Morgan fingerprint density at radius 1 is 0.708 bits per heavy atom. The van der Waals surface area contributed by atoms with E-state index in [-0.39, 0.29) is 26.5 Å². The third-order valence-electron chi connectivity index (χ3n) is 8.51. The van der Waals surface area contributed by atoms with E-state index in [0.717, 1.165) is 61.0 Å². The molecule has 0 radical (unpaired) electrons. The second-order valence-electron chi connectivity index (χ2n) is 12.7. The normalized spacial score (nSPS) is 11.5. The fourth-order valence-corrected chi connectivity index (χ4v) is 6.13. The molecule has 0 saturated heterocycles. The van der Waals surface area contributed by atoms with Gasteiger partial charge in [-0.15, -0.1) is 28.9 Å². The van der Waals surface area contributed by atoms with Gasteiger partial charge in [-0.3, -0.25) is 0 Å². The number of rotatable bonds is 6. The quantitative estimate of drug-likeness (QED) is 0.157. The molecule has 8 aromatic rings.